The molecular formula is C23H27BrN4O5S. The molecule has 2 aromatic rings. The van der Waals surface area contributed by atoms with Crippen molar-refractivity contribution in [3.8, 4) is 0 Å². The quantitative estimate of drug-likeness (QED) is 0.405. The van der Waals surface area contributed by atoms with Crippen LogP contribution in [-0.4, -0.2) is 79.0 Å². The summed E-state index contributed by atoms with van der Waals surface area (Å²) in [6.45, 7) is 4.70. The van der Waals surface area contributed by atoms with E-state index in [1.807, 2.05) is 30.0 Å². The highest BCUT2D eigenvalue weighted by Gasteiger charge is 2.26. The van der Waals surface area contributed by atoms with Gasteiger partial charge >= 0.3 is 0 Å². The summed E-state index contributed by atoms with van der Waals surface area (Å²) in [5, 5.41) is 15.9. The molecule has 0 radical (unpaired) electrons. The van der Waals surface area contributed by atoms with E-state index in [4.69, 9.17) is 0 Å². The van der Waals surface area contributed by atoms with Crippen LogP contribution in [-0.2, 0) is 14.6 Å². The van der Waals surface area contributed by atoms with Gasteiger partial charge < -0.3 is 20.7 Å². The number of nitrogens with one attached hydrogen (secondary N) is 3. The summed E-state index contributed by atoms with van der Waals surface area (Å²) in [4.78, 5) is 30.5. The molecule has 2 amide bonds. The number of hydrogen-bond donors (Lipinski definition) is 4. The second-order valence-corrected chi connectivity index (χ2v) is 11.9. The predicted molar refractivity (Wildman–Crippen MR) is 134 cm³/mol. The Morgan fingerprint density at radius 3 is 2.71 bits per heavy atom. The molecule has 11 heteroatoms. The number of amides is 2. The maximum absolute atomic E-state index is 12.9. The maximum Gasteiger partial charge on any atom is 0.256 e. The topological polar surface area (TPSA) is 132 Å². The average Bonchev–Trinajstić information content (AvgIpc) is 3.23. The number of aryl methyl sites for hydroxylation is 1. The smallest absolute Gasteiger partial charge is 0.256 e. The first-order chi connectivity index (χ1) is 16.0. The number of fused-ring (bicyclic) bond motifs is 1. The highest BCUT2D eigenvalue weighted by molar-refractivity contribution is 9.10. The van der Waals surface area contributed by atoms with Crippen LogP contribution in [0.5, 0.6) is 0 Å². The number of nitrogens with zero attached hydrogens (tertiary/aromatic N) is 1. The summed E-state index contributed by atoms with van der Waals surface area (Å²) < 4.78 is 23.9. The molecule has 3 heterocycles. The standard InChI is InChI=1S/C23H27BrN4O5S/c1-13-20(10-18-17-9-15(24)3-4-19(17)27-22(18)30)26-14(2)21(13)23(31)25-11-16(29)12-28-5-7-34(32,33)8-6-28/h3-4,9-10,16,26,29H,5-8,11-12H2,1-2H3,(H,25,31)(H,27,30). The zero-order valence-electron chi connectivity index (χ0n) is 18.9. The van der Waals surface area contributed by atoms with E-state index in [-0.39, 0.29) is 29.9 Å². The number of aliphatic hydroxyl groups excluding tert-OH is 1. The van der Waals surface area contributed by atoms with E-state index in [1.165, 1.54) is 0 Å². The molecule has 1 aromatic carbocycles. The van der Waals surface area contributed by atoms with Gasteiger partial charge in [-0.05, 0) is 43.7 Å². The fraction of sp³-hybridized carbons (Fsp3) is 0.391. The van der Waals surface area contributed by atoms with Crippen LogP contribution >= 0.6 is 15.9 Å². The second-order valence-electron chi connectivity index (χ2n) is 8.68. The van der Waals surface area contributed by atoms with Gasteiger partial charge in [0.25, 0.3) is 11.8 Å². The summed E-state index contributed by atoms with van der Waals surface area (Å²) in [6.07, 6.45) is 0.925. The lowest BCUT2D eigenvalue weighted by Crippen LogP contribution is -2.46. The van der Waals surface area contributed by atoms with Gasteiger partial charge in [0.1, 0.15) is 0 Å². The van der Waals surface area contributed by atoms with Gasteiger partial charge in [-0.3, -0.25) is 14.5 Å². The molecule has 0 bridgehead atoms. The Hall–Kier alpha value is -2.47. The highest BCUT2D eigenvalue weighted by Crippen LogP contribution is 2.35. The van der Waals surface area contributed by atoms with Crippen molar-refractivity contribution in [2.45, 2.75) is 20.0 Å². The van der Waals surface area contributed by atoms with Crippen LogP contribution in [0.1, 0.15) is 32.9 Å². The third-order valence-electron chi connectivity index (χ3n) is 6.16. The molecule has 1 atom stereocenters. The summed E-state index contributed by atoms with van der Waals surface area (Å²) in [5.41, 5.74) is 4.52. The minimum Gasteiger partial charge on any atom is -0.390 e. The number of hydrogen-bond acceptors (Lipinski definition) is 6. The van der Waals surface area contributed by atoms with Crippen LogP contribution < -0.4 is 10.6 Å². The second kappa shape index (κ2) is 9.65. The van der Waals surface area contributed by atoms with Gasteiger partial charge in [-0.1, -0.05) is 15.9 Å². The minimum absolute atomic E-state index is 0.0480. The number of aliphatic hydroxyl groups is 1. The van der Waals surface area contributed by atoms with Crippen molar-refractivity contribution in [2.24, 2.45) is 0 Å². The van der Waals surface area contributed by atoms with Gasteiger partial charge in [-0.15, -0.1) is 0 Å². The van der Waals surface area contributed by atoms with Gasteiger partial charge in [-0.25, -0.2) is 8.42 Å². The Bertz CT molecular complexity index is 1270. The number of β-amino-alcohol motifs (C(OH)–C–C–N with tert-alkyl or cyclic N) is 1. The number of sulfone groups is 1. The van der Waals surface area contributed by atoms with Gasteiger partial charge in [0, 0.05) is 53.3 Å². The number of aromatic nitrogens is 1. The van der Waals surface area contributed by atoms with Crippen molar-refractivity contribution in [3.63, 3.8) is 0 Å². The maximum atomic E-state index is 12.9. The SMILES string of the molecule is Cc1[nH]c(C=C2C(=O)Nc3ccc(Br)cc32)c(C)c1C(=O)NCC(O)CN1CCS(=O)(=O)CC1. The Kier molecular flexibility index (Phi) is 6.99. The van der Waals surface area contributed by atoms with E-state index >= 15 is 0 Å². The highest BCUT2D eigenvalue weighted by atomic mass is 79.9. The number of H-pyrrole nitrogens is 1. The van der Waals surface area contributed by atoms with Crippen LogP contribution in [0.25, 0.3) is 11.6 Å². The molecule has 0 aliphatic carbocycles. The fourth-order valence-corrected chi connectivity index (χ4v) is 5.94. The lowest BCUT2D eigenvalue weighted by molar-refractivity contribution is -0.110. The summed E-state index contributed by atoms with van der Waals surface area (Å²) in [5.74, 6) is -0.355. The molecule has 1 saturated heterocycles. The number of carbonyl (C=O) groups excluding carboxylic acids is 2. The van der Waals surface area contributed by atoms with Crippen molar-refractivity contribution in [3.05, 3.63) is 50.8 Å². The monoisotopic (exact) mass is 550 g/mol. The van der Waals surface area contributed by atoms with Crippen molar-refractivity contribution in [1.82, 2.24) is 15.2 Å². The van der Waals surface area contributed by atoms with E-state index in [1.54, 1.807) is 13.0 Å². The number of halogens is 1. The Morgan fingerprint density at radius 1 is 1.29 bits per heavy atom. The lowest BCUT2D eigenvalue weighted by atomic mass is 10.0. The molecule has 1 fully saturated rings. The van der Waals surface area contributed by atoms with E-state index in [2.05, 4.69) is 31.5 Å². The number of rotatable bonds is 6. The molecule has 182 valence electrons. The van der Waals surface area contributed by atoms with Gasteiger partial charge in [0.05, 0.1) is 28.7 Å². The van der Waals surface area contributed by atoms with Crippen molar-refractivity contribution in [1.29, 1.82) is 0 Å². The summed E-state index contributed by atoms with van der Waals surface area (Å²) >= 11 is 3.43. The third-order valence-corrected chi connectivity index (χ3v) is 8.26. The molecule has 2 aliphatic rings. The number of anilines is 1. The largest absolute Gasteiger partial charge is 0.390 e. The van der Waals surface area contributed by atoms with Crippen LogP contribution in [0.4, 0.5) is 5.69 Å². The molecule has 4 rings (SSSR count). The zero-order chi connectivity index (χ0) is 24.6. The molecular weight excluding hydrogens is 524 g/mol. The molecule has 2 aliphatic heterocycles. The van der Waals surface area contributed by atoms with Crippen molar-refractivity contribution < 1.29 is 23.1 Å². The minimum atomic E-state index is -2.98. The fourth-order valence-electron chi connectivity index (χ4n) is 4.30. The van der Waals surface area contributed by atoms with Crippen LogP contribution in [0.3, 0.4) is 0 Å². The van der Waals surface area contributed by atoms with E-state index < -0.39 is 15.9 Å². The zero-order valence-corrected chi connectivity index (χ0v) is 21.3. The van der Waals surface area contributed by atoms with Gasteiger partial charge in [0.2, 0.25) is 0 Å². The summed E-state index contributed by atoms with van der Waals surface area (Å²) in [6, 6.07) is 5.56. The third kappa shape index (κ3) is 5.27. The Morgan fingerprint density at radius 2 is 2.00 bits per heavy atom. The first kappa shape index (κ1) is 24.6. The molecule has 34 heavy (non-hydrogen) atoms. The molecule has 0 spiro atoms. The van der Waals surface area contributed by atoms with Crippen molar-refractivity contribution in [2.75, 3.05) is 43.0 Å². The van der Waals surface area contributed by atoms with Crippen LogP contribution in [0.15, 0.2) is 22.7 Å². The summed E-state index contributed by atoms with van der Waals surface area (Å²) in [7, 11) is -2.98. The Labute approximate surface area is 206 Å². The number of aromatic amines is 1. The number of benzene rings is 1. The Balaban J connectivity index is 1.44. The number of carbonyl (C=O) groups is 2. The molecule has 9 nitrogen and oxygen atoms in total. The predicted octanol–water partition coefficient (Wildman–Crippen LogP) is 1.71. The lowest BCUT2D eigenvalue weighted by Gasteiger charge is -2.28. The molecule has 1 unspecified atom stereocenters. The first-order valence-electron chi connectivity index (χ1n) is 11.0. The first-order valence-corrected chi connectivity index (χ1v) is 13.6. The van der Waals surface area contributed by atoms with Crippen LogP contribution in [0.2, 0.25) is 0 Å². The molecule has 0 saturated carbocycles. The molecule has 4 N–H and O–H groups in total. The van der Waals surface area contributed by atoms with E-state index in [0.29, 0.717) is 47.7 Å². The van der Waals surface area contributed by atoms with Gasteiger partial charge in [0.15, 0.2) is 9.84 Å². The average molecular weight is 551 g/mol. The van der Waals surface area contributed by atoms with Crippen LogP contribution in [0, 0.1) is 13.8 Å². The normalized spacial score (nSPS) is 19.6. The van der Waals surface area contributed by atoms with E-state index in [9.17, 15) is 23.1 Å². The van der Waals surface area contributed by atoms with E-state index in [0.717, 1.165) is 15.7 Å². The van der Waals surface area contributed by atoms with Gasteiger partial charge in [-0.2, -0.15) is 0 Å². The van der Waals surface area contributed by atoms with Crippen molar-refractivity contribution >= 4 is 54.9 Å². The molecule has 1 aromatic heterocycles.